The third-order valence-electron chi connectivity index (χ3n) is 6.30. The Bertz CT molecular complexity index is 1160. The molecule has 0 fully saturated rings. The number of hydrogen-bond acceptors (Lipinski definition) is 1. The summed E-state index contributed by atoms with van der Waals surface area (Å²) in [5.41, 5.74) is 12.8. The van der Waals surface area contributed by atoms with E-state index in [1.165, 1.54) is 59.9 Å². The van der Waals surface area contributed by atoms with Crippen LogP contribution in [-0.2, 0) is 5.41 Å². The summed E-state index contributed by atoms with van der Waals surface area (Å²) in [5, 5.41) is 0. The van der Waals surface area contributed by atoms with E-state index in [4.69, 9.17) is 0 Å². The molecule has 2 aliphatic rings. The van der Waals surface area contributed by atoms with Gasteiger partial charge in [-0.15, -0.1) is 11.3 Å². The van der Waals surface area contributed by atoms with E-state index in [1.54, 1.807) is 0 Å². The second-order valence-electron chi connectivity index (χ2n) is 7.88. The SMILES string of the molecule is C/C=C1\C(=C(C)C)c2ccccc2C12c1ccccc1-c1c(C)sc(C)c12. The van der Waals surface area contributed by atoms with Gasteiger partial charge in [0, 0.05) is 15.3 Å². The highest BCUT2D eigenvalue weighted by Gasteiger charge is 2.54. The smallest absolute Gasteiger partial charge is 0.0733 e. The minimum absolute atomic E-state index is 0.168. The average molecular weight is 369 g/mol. The van der Waals surface area contributed by atoms with Gasteiger partial charge >= 0.3 is 0 Å². The average Bonchev–Trinajstić information content (AvgIpc) is 3.24. The largest absolute Gasteiger partial charge is 0.145 e. The molecule has 0 nitrogen and oxygen atoms in total. The maximum atomic E-state index is 2.36. The second kappa shape index (κ2) is 5.56. The number of thiophene rings is 1. The van der Waals surface area contributed by atoms with Gasteiger partial charge in [-0.25, -0.2) is 0 Å². The number of rotatable bonds is 0. The van der Waals surface area contributed by atoms with Crippen molar-refractivity contribution in [3.05, 3.63) is 97.8 Å². The lowest BCUT2D eigenvalue weighted by Gasteiger charge is -2.31. The van der Waals surface area contributed by atoms with Crippen LogP contribution in [0, 0.1) is 13.8 Å². The normalized spacial score (nSPS) is 20.9. The Morgan fingerprint density at radius 3 is 2.07 bits per heavy atom. The van der Waals surface area contributed by atoms with Crippen LogP contribution in [0.5, 0.6) is 0 Å². The van der Waals surface area contributed by atoms with E-state index < -0.39 is 0 Å². The molecule has 2 aromatic carbocycles. The molecule has 1 spiro atoms. The molecule has 0 aliphatic heterocycles. The molecule has 0 N–H and O–H groups in total. The fraction of sp³-hybridized carbons (Fsp3) is 0.231. The van der Waals surface area contributed by atoms with Crippen molar-refractivity contribution in [1.29, 1.82) is 0 Å². The van der Waals surface area contributed by atoms with Crippen LogP contribution in [-0.4, -0.2) is 0 Å². The van der Waals surface area contributed by atoms with Gasteiger partial charge < -0.3 is 0 Å². The van der Waals surface area contributed by atoms with Crippen LogP contribution in [0.1, 0.15) is 52.8 Å². The Morgan fingerprint density at radius 2 is 1.44 bits per heavy atom. The maximum Gasteiger partial charge on any atom is 0.0733 e. The first kappa shape index (κ1) is 16.8. The minimum atomic E-state index is -0.168. The topological polar surface area (TPSA) is 0 Å². The van der Waals surface area contributed by atoms with E-state index in [2.05, 4.69) is 89.2 Å². The van der Waals surface area contributed by atoms with Crippen molar-refractivity contribution in [2.24, 2.45) is 0 Å². The summed E-state index contributed by atoms with van der Waals surface area (Å²) >= 11 is 1.95. The van der Waals surface area contributed by atoms with Crippen molar-refractivity contribution < 1.29 is 0 Å². The van der Waals surface area contributed by atoms with E-state index >= 15 is 0 Å². The highest BCUT2D eigenvalue weighted by Crippen LogP contribution is 2.66. The van der Waals surface area contributed by atoms with Crippen LogP contribution in [0.3, 0.4) is 0 Å². The fourth-order valence-corrected chi connectivity index (χ4v) is 6.72. The molecule has 1 atom stereocenters. The molecule has 0 saturated carbocycles. The van der Waals surface area contributed by atoms with Crippen molar-refractivity contribution in [3.63, 3.8) is 0 Å². The molecular formula is C26H24S. The first-order valence-corrected chi connectivity index (χ1v) is 10.5. The minimum Gasteiger partial charge on any atom is -0.145 e. The van der Waals surface area contributed by atoms with E-state index in [9.17, 15) is 0 Å². The predicted octanol–water partition coefficient (Wildman–Crippen LogP) is 7.43. The molecule has 0 amide bonds. The Morgan fingerprint density at radius 1 is 0.852 bits per heavy atom. The molecule has 5 rings (SSSR count). The first-order chi connectivity index (χ1) is 13.0. The van der Waals surface area contributed by atoms with Gasteiger partial charge in [0.05, 0.1) is 5.41 Å². The Hall–Kier alpha value is -2.38. The quantitative estimate of drug-likeness (QED) is 0.387. The van der Waals surface area contributed by atoms with Crippen molar-refractivity contribution in [1.82, 2.24) is 0 Å². The zero-order valence-electron chi connectivity index (χ0n) is 16.6. The Balaban J connectivity index is 2.06. The lowest BCUT2D eigenvalue weighted by Crippen LogP contribution is -2.26. The Kier molecular flexibility index (Phi) is 3.45. The van der Waals surface area contributed by atoms with Crippen molar-refractivity contribution in [3.8, 4) is 11.1 Å². The molecule has 2 aliphatic carbocycles. The van der Waals surface area contributed by atoms with E-state index in [0.29, 0.717) is 0 Å². The van der Waals surface area contributed by atoms with Gasteiger partial charge in [0.1, 0.15) is 0 Å². The number of aryl methyl sites for hydroxylation is 2. The van der Waals surface area contributed by atoms with Gasteiger partial charge in [0.15, 0.2) is 0 Å². The summed E-state index contributed by atoms with van der Waals surface area (Å²) in [5.74, 6) is 0. The number of hydrogen-bond donors (Lipinski definition) is 0. The third kappa shape index (κ3) is 1.83. The standard InChI is InChI=1S/C26H24S/c1-6-20-23(15(2)3)18-11-7-9-13-21(18)26(20)22-14-10-8-12-19(22)24-16(4)27-17(5)25(24)26/h6-14H,1-5H3/b20-6+. The Labute approximate surface area is 165 Å². The molecule has 0 bridgehead atoms. The third-order valence-corrected chi connectivity index (χ3v) is 7.32. The zero-order valence-corrected chi connectivity index (χ0v) is 17.4. The number of allylic oxidation sites excluding steroid dienone is 4. The molecule has 27 heavy (non-hydrogen) atoms. The molecule has 1 unspecified atom stereocenters. The van der Waals surface area contributed by atoms with Crippen LogP contribution in [0.2, 0.25) is 0 Å². The summed E-state index contributed by atoms with van der Waals surface area (Å²) in [6.45, 7) is 11.3. The molecule has 1 heteroatoms. The monoisotopic (exact) mass is 368 g/mol. The molecule has 0 saturated heterocycles. The lowest BCUT2D eigenvalue weighted by atomic mass is 9.70. The first-order valence-electron chi connectivity index (χ1n) is 9.68. The maximum absolute atomic E-state index is 2.36. The number of fused-ring (bicyclic) bond motifs is 7. The fourth-order valence-electron chi connectivity index (χ4n) is 5.59. The second-order valence-corrected chi connectivity index (χ2v) is 9.31. The van der Waals surface area contributed by atoms with Gasteiger partial charge in [-0.1, -0.05) is 60.2 Å². The van der Waals surface area contributed by atoms with Gasteiger partial charge in [-0.3, -0.25) is 0 Å². The van der Waals surface area contributed by atoms with Crippen LogP contribution < -0.4 is 0 Å². The van der Waals surface area contributed by atoms with Crippen LogP contribution >= 0.6 is 11.3 Å². The molecule has 1 heterocycles. The van der Waals surface area contributed by atoms with E-state index in [-0.39, 0.29) is 5.41 Å². The van der Waals surface area contributed by atoms with Crippen LogP contribution in [0.15, 0.2) is 65.8 Å². The summed E-state index contributed by atoms with van der Waals surface area (Å²) in [6, 6.07) is 18.1. The van der Waals surface area contributed by atoms with Crippen molar-refractivity contribution in [2.75, 3.05) is 0 Å². The summed E-state index contributed by atoms with van der Waals surface area (Å²) in [6.07, 6.45) is 2.36. The number of benzene rings is 2. The zero-order chi connectivity index (χ0) is 18.9. The van der Waals surface area contributed by atoms with E-state index in [1.807, 2.05) is 11.3 Å². The predicted molar refractivity (Wildman–Crippen MR) is 118 cm³/mol. The molecular weight excluding hydrogens is 344 g/mol. The summed E-state index contributed by atoms with van der Waals surface area (Å²) < 4.78 is 0. The van der Waals surface area contributed by atoms with Crippen molar-refractivity contribution >= 4 is 16.9 Å². The summed E-state index contributed by atoms with van der Waals surface area (Å²) in [4.78, 5) is 2.88. The van der Waals surface area contributed by atoms with Crippen molar-refractivity contribution in [2.45, 2.75) is 40.0 Å². The molecule has 3 aromatic rings. The summed E-state index contributed by atoms with van der Waals surface area (Å²) in [7, 11) is 0. The van der Waals surface area contributed by atoms with Gasteiger partial charge in [0.25, 0.3) is 0 Å². The highest BCUT2D eigenvalue weighted by molar-refractivity contribution is 7.12. The highest BCUT2D eigenvalue weighted by atomic mass is 32.1. The molecule has 1 aromatic heterocycles. The van der Waals surface area contributed by atoms with Gasteiger partial charge in [0.2, 0.25) is 0 Å². The molecule has 0 radical (unpaired) electrons. The molecule has 134 valence electrons. The van der Waals surface area contributed by atoms with Crippen LogP contribution in [0.25, 0.3) is 16.7 Å². The van der Waals surface area contributed by atoms with Gasteiger partial charge in [-0.2, -0.15) is 0 Å². The van der Waals surface area contributed by atoms with Gasteiger partial charge in [-0.05, 0) is 73.6 Å². The van der Waals surface area contributed by atoms with E-state index in [0.717, 1.165) is 0 Å². The van der Waals surface area contributed by atoms with Crippen LogP contribution in [0.4, 0.5) is 0 Å². The lowest BCUT2D eigenvalue weighted by molar-refractivity contribution is 0.789.